The number of rotatable bonds is 34. The van der Waals surface area contributed by atoms with Gasteiger partial charge in [-0.2, -0.15) is 0 Å². The number of nitrogens with one attached hydrogen (secondary N) is 1. The van der Waals surface area contributed by atoms with Crippen molar-refractivity contribution in [2.45, 2.75) is 199 Å². The van der Waals surface area contributed by atoms with Gasteiger partial charge in [0.25, 0.3) is 0 Å². The van der Waals surface area contributed by atoms with Gasteiger partial charge in [0.05, 0.1) is 0 Å². The zero-order chi connectivity index (χ0) is 38.2. The van der Waals surface area contributed by atoms with E-state index in [1.165, 1.54) is 38.5 Å². The molecule has 1 amide bonds. The molecule has 0 saturated carbocycles. The van der Waals surface area contributed by atoms with Gasteiger partial charge in [-0.25, -0.2) is 0 Å². The standard InChI is InChI=1S/C40H76N4O7/c1-5-9-10-11-12-13-14-15-16-17-18-19-20-21-22-23-36(45)44-40(30-49-37(46)27-24-33(41)6-2,31-50-38(47)28-25-34(42)7-3)32-51-39(48)29-26-35(43)8-4/h15-16,33-35H,5-14,17-32,41-43H2,1-4H3,(H,44,45). The first-order valence-electron chi connectivity index (χ1n) is 20.2. The fourth-order valence-corrected chi connectivity index (χ4v) is 5.34. The van der Waals surface area contributed by atoms with Crippen LogP contribution in [0.25, 0.3) is 0 Å². The number of ether oxygens (including phenoxy) is 3. The van der Waals surface area contributed by atoms with Gasteiger partial charge >= 0.3 is 17.9 Å². The average molecular weight is 725 g/mol. The zero-order valence-electron chi connectivity index (χ0n) is 32.9. The molecule has 0 aliphatic rings. The molecule has 0 aliphatic carbocycles. The second-order valence-corrected chi connectivity index (χ2v) is 14.3. The van der Waals surface area contributed by atoms with Crippen molar-refractivity contribution in [1.82, 2.24) is 5.32 Å². The summed E-state index contributed by atoms with van der Waals surface area (Å²) in [5.74, 6) is -1.81. The van der Waals surface area contributed by atoms with Gasteiger partial charge in [0, 0.05) is 43.8 Å². The molecule has 0 saturated heterocycles. The number of esters is 3. The summed E-state index contributed by atoms with van der Waals surface area (Å²) in [6.07, 6.45) is 23.6. The summed E-state index contributed by atoms with van der Waals surface area (Å²) in [5, 5.41) is 2.92. The molecule has 0 aromatic carbocycles. The number of hydrogen-bond acceptors (Lipinski definition) is 10. The van der Waals surface area contributed by atoms with Crippen molar-refractivity contribution in [1.29, 1.82) is 0 Å². The van der Waals surface area contributed by atoms with Gasteiger partial charge in [-0.1, -0.05) is 91.2 Å². The Morgan fingerprint density at radius 2 is 0.882 bits per heavy atom. The molecule has 0 spiro atoms. The highest BCUT2D eigenvalue weighted by molar-refractivity contribution is 5.77. The van der Waals surface area contributed by atoms with Crippen molar-refractivity contribution in [3.05, 3.63) is 12.2 Å². The number of carbonyl (C=O) groups excluding carboxylic acids is 4. The van der Waals surface area contributed by atoms with E-state index in [-0.39, 0.29) is 69.5 Å². The largest absolute Gasteiger partial charge is 0.463 e. The average Bonchev–Trinajstić information content (AvgIpc) is 3.13. The van der Waals surface area contributed by atoms with E-state index in [0.717, 1.165) is 57.8 Å². The van der Waals surface area contributed by atoms with Crippen LogP contribution < -0.4 is 22.5 Å². The smallest absolute Gasteiger partial charge is 0.305 e. The highest BCUT2D eigenvalue weighted by Gasteiger charge is 2.37. The third-order valence-corrected chi connectivity index (χ3v) is 9.33. The molecule has 51 heavy (non-hydrogen) atoms. The maximum atomic E-state index is 13.3. The van der Waals surface area contributed by atoms with Crippen LogP contribution >= 0.6 is 0 Å². The Bertz CT molecular complexity index is 872. The number of allylic oxidation sites excluding steroid dienone is 2. The fraction of sp³-hybridized carbons (Fsp3) is 0.850. The minimum Gasteiger partial charge on any atom is -0.463 e. The first kappa shape index (κ1) is 48.5. The van der Waals surface area contributed by atoms with Gasteiger partial charge in [0.2, 0.25) is 5.91 Å². The van der Waals surface area contributed by atoms with E-state index in [2.05, 4.69) is 24.4 Å². The Hall–Kier alpha value is -2.50. The van der Waals surface area contributed by atoms with E-state index >= 15 is 0 Å². The van der Waals surface area contributed by atoms with Crippen molar-refractivity contribution < 1.29 is 33.4 Å². The van der Waals surface area contributed by atoms with E-state index < -0.39 is 23.4 Å². The van der Waals surface area contributed by atoms with Gasteiger partial charge in [-0.15, -0.1) is 0 Å². The lowest BCUT2D eigenvalue weighted by Gasteiger charge is -2.33. The predicted octanol–water partition coefficient (Wildman–Crippen LogP) is 7.06. The third-order valence-electron chi connectivity index (χ3n) is 9.33. The Kier molecular flexibility index (Phi) is 30.6. The van der Waals surface area contributed by atoms with Crippen molar-refractivity contribution in [2.75, 3.05) is 19.8 Å². The summed E-state index contributed by atoms with van der Waals surface area (Å²) in [5.41, 5.74) is 16.5. The highest BCUT2D eigenvalue weighted by atomic mass is 16.6. The lowest BCUT2D eigenvalue weighted by Crippen LogP contribution is -2.59. The Morgan fingerprint density at radius 1 is 0.529 bits per heavy atom. The van der Waals surface area contributed by atoms with Gasteiger partial charge in [-0.05, 0) is 70.6 Å². The predicted molar refractivity (Wildman–Crippen MR) is 206 cm³/mol. The van der Waals surface area contributed by atoms with Crippen LogP contribution in [-0.4, -0.2) is 67.3 Å². The van der Waals surface area contributed by atoms with Crippen LogP contribution in [0.3, 0.4) is 0 Å². The van der Waals surface area contributed by atoms with Crippen molar-refractivity contribution in [3.8, 4) is 0 Å². The van der Waals surface area contributed by atoms with Crippen LogP contribution in [-0.2, 0) is 33.4 Å². The summed E-state index contributed by atoms with van der Waals surface area (Å²) in [4.78, 5) is 51.3. The van der Waals surface area contributed by atoms with Crippen molar-refractivity contribution in [3.63, 3.8) is 0 Å². The molecule has 298 valence electrons. The molecule has 0 aromatic rings. The molecule has 0 fully saturated rings. The van der Waals surface area contributed by atoms with Crippen molar-refractivity contribution in [2.24, 2.45) is 17.2 Å². The maximum absolute atomic E-state index is 13.3. The van der Waals surface area contributed by atoms with Crippen LogP contribution in [0.2, 0.25) is 0 Å². The van der Waals surface area contributed by atoms with Crippen LogP contribution in [0.15, 0.2) is 12.2 Å². The topological polar surface area (TPSA) is 186 Å². The van der Waals surface area contributed by atoms with Crippen LogP contribution in [0.1, 0.15) is 175 Å². The van der Waals surface area contributed by atoms with E-state index in [0.29, 0.717) is 25.7 Å². The molecular weight excluding hydrogens is 648 g/mol. The van der Waals surface area contributed by atoms with Gasteiger partial charge in [0.15, 0.2) is 0 Å². The quantitative estimate of drug-likeness (QED) is 0.0232. The summed E-state index contributed by atoms with van der Waals surface area (Å²) in [6, 6.07) is -0.419. The summed E-state index contributed by atoms with van der Waals surface area (Å²) < 4.78 is 16.8. The molecule has 7 N–H and O–H groups in total. The van der Waals surface area contributed by atoms with Crippen LogP contribution in [0.4, 0.5) is 0 Å². The second-order valence-electron chi connectivity index (χ2n) is 14.3. The van der Waals surface area contributed by atoms with Crippen LogP contribution in [0.5, 0.6) is 0 Å². The second kappa shape index (κ2) is 32.2. The molecule has 0 aromatic heterocycles. The minimum atomic E-state index is -1.47. The molecular formula is C40H76N4O7. The van der Waals surface area contributed by atoms with Gasteiger partial charge in [-0.3, -0.25) is 19.2 Å². The number of amides is 1. The Morgan fingerprint density at radius 3 is 1.25 bits per heavy atom. The number of nitrogens with two attached hydrogens (primary N) is 3. The molecule has 11 nitrogen and oxygen atoms in total. The van der Waals surface area contributed by atoms with E-state index in [1.54, 1.807) is 0 Å². The van der Waals surface area contributed by atoms with Crippen LogP contribution in [0, 0.1) is 0 Å². The summed E-state index contributed by atoms with van der Waals surface area (Å²) in [7, 11) is 0. The molecule has 0 radical (unpaired) electrons. The highest BCUT2D eigenvalue weighted by Crippen LogP contribution is 2.16. The lowest BCUT2D eigenvalue weighted by atomic mass is 10.0. The summed E-state index contributed by atoms with van der Waals surface area (Å²) in [6.45, 7) is 7.05. The normalized spacial score (nSPS) is 14.4. The van der Waals surface area contributed by atoms with Gasteiger partial charge in [0.1, 0.15) is 25.4 Å². The van der Waals surface area contributed by atoms with Gasteiger partial charge < -0.3 is 36.7 Å². The lowest BCUT2D eigenvalue weighted by molar-refractivity contribution is -0.159. The molecule has 3 atom stereocenters. The fourth-order valence-electron chi connectivity index (χ4n) is 5.34. The zero-order valence-corrected chi connectivity index (χ0v) is 32.9. The monoisotopic (exact) mass is 725 g/mol. The third kappa shape index (κ3) is 28.7. The Balaban J connectivity index is 5.26. The molecule has 0 bridgehead atoms. The van der Waals surface area contributed by atoms with E-state index in [1.807, 2.05) is 20.8 Å². The maximum Gasteiger partial charge on any atom is 0.305 e. The Labute approximate surface area is 310 Å². The number of carbonyl (C=O) groups is 4. The SMILES string of the molecule is CCCCCCCCC=CCCCCCCCC(=O)NC(COC(=O)CCC(N)CC)(COC(=O)CCC(N)CC)COC(=O)CCC(N)CC. The van der Waals surface area contributed by atoms with Crippen molar-refractivity contribution >= 4 is 23.8 Å². The first-order valence-corrected chi connectivity index (χ1v) is 20.2. The summed E-state index contributed by atoms with van der Waals surface area (Å²) >= 11 is 0. The molecule has 3 unspecified atom stereocenters. The number of unbranched alkanes of at least 4 members (excludes halogenated alkanes) is 11. The number of hydrogen-bond donors (Lipinski definition) is 4. The molecule has 11 heteroatoms. The van der Waals surface area contributed by atoms with E-state index in [4.69, 9.17) is 31.4 Å². The van der Waals surface area contributed by atoms with E-state index in [9.17, 15) is 19.2 Å². The first-order chi connectivity index (χ1) is 24.5. The minimum absolute atomic E-state index is 0.0946. The molecule has 0 heterocycles. The molecule has 0 aliphatic heterocycles. The molecule has 0 rings (SSSR count).